The SMILES string of the molecule is CC(CO)(CO)NS(=O)(=O)c1cnc(Cl)c(Cl)c1. The molecule has 0 aliphatic carbocycles. The zero-order chi connectivity index (χ0) is 14.0. The lowest BCUT2D eigenvalue weighted by Gasteiger charge is -2.25. The van der Waals surface area contributed by atoms with E-state index in [9.17, 15) is 8.42 Å². The summed E-state index contributed by atoms with van der Waals surface area (Å²) in [5, 5.41) is 18.1. The van der Waals surface area contributed by atoms with Crippen molar-refractivity contribution in [3.8, 4) is 0 Å². The first kappa shape index (κ1) is 15.6. The standard InChI is InChI=1S/C9H12Cl2N2O4S/c1-9(4-14,5-15)13-18(16,17)6-2-7(10)8(11)12-3-6/h2-3,13-15H,4-5H2,1H3. The summed E-state index contributed by atoms with van der Waals surface area (Å²) in [5.74, 6) is 0. The molecule has 1 heterocycles. The number of aliphatic hydroxyl groups is 2. The number of sulfonamides is 1. The van der Waals surface area contributed by atoms with Crippen molar-refractivity contribution in [2.45, 2.75) is 17.4 Å². The van der Waals surface area contributed by atoms with E-state index < -0.39 is 28.8 Å². The van der Waals surface area contributed by atoms with E-state index in [0.717, 1.165) is 12.3 Å². The number of nitrogens with zero attached hydrogens (tertiary/aromatic N) is 1. The highest BCUT2D eigenvalue weighted by molar-refractivity contribution is 7.89. The number of hydrogen-bond donors (Lipinski definition) is 3. The smallest absolute Gasteiger partial charge is 0.242 e. The summed E-state index contributed by atoms with van der Waals surface area (Å²) in [6, 6.07) is 1.13. The molecule has 1 rings (SSSR count). The van der Waals surface area contributed by atoms with Crippen LogP contribution < -0.4 is 4.72 Å². The molecule has 0 bridgehead atoms. The van der Waals surface area contributed by atoms with Gasteiger partial charge in [-0.3, -0.25) is 0 Å². The van der Waals surface area contributed by atoms with Gasteiger partial charge in [0.05, 0.1) is 23.8 Å². The minimum absolute atomic E-state index is 0.00533. The molecule has 18 heavy (non-hydrogen) atoms. The Hall–Kier alpha value is -0.440. The van der Waals surface area contributed by atoms with E-state index in [1.54, 1.807) is 0 Å². The molecule has 3 N–H and O–H groups in total. The Morgan fingerprint density at radius 2 is 1.94 bits per heavy atom. The van der Waals surface area contributed by atoms with Gasteiger partial charge in [0.15, 0.2) is 0 Å². The molecule has 1 aromatic heterocycles. The average Bonchev–Trinajstić information content (AvgIpc) is 2.32. The third-order valence-corrected chi connectivity index (χ3v) is 4.45. The Labute approximate surface area is 115 Å². The first-order chi connectivity index (χ1) is 8.24. The van der Waals surface area contributed by atoms with Gasteiger partial charge >= 0.3 is 0 Å². The fraction of sp³-hybridized carbons (Fsp3) is 0.444. The molecule has 0 saturated carbocycles. The van der Waals surface area contributed by atoms with E-state index in [4.69, 9.17) is 33.4 Å². The number of pyridine rings is 1. The molecule has 0 aliphatic rings. The molecule has 0 unspecified atom stereocenters. The van der Waals surface area contributed by atoms with Crippen LogP contribution in [0.1, 0.15) is 6.92 Å². The number of halogens is 2. The summed E-state index contributed by atoms with van der Waals surface area (Å²) in [6.45, 7) is 0.241. The molecular formula is C9H12Cl2N2O4S. The molecule has 0 atom stereocenters. The Kier molecular flexibility index (Phi) is 4.93. The maximum absolute atomic E-state index is 12.0. The second-order valence-electron chi connectivity index (χ2n) is 3.93. The van der Waals surface area contributed by atoms with E-state index in [1.165, 1.54) is 6.92 Å². The van der Waals surface area contributed by atoms with Gasteiger partial charge in [-0.05, 0) is 13.0 Å². The largest absolute Gasteiger partial charge is 0.394 e. The zero-order valence-corrected chi connectivity index (χ0v) is 11.7. The van der Waals surface area contributed by atoms with Crippen LogP contribution in [0.15, 0.2) is 17.2 Å². The first-order valence-corrected chi connectivity index (χ1v) is 7.05. The highest BCUT2D eigenvalue weighted by Gasteiger charge is 2.30. The average molecular weight is 315 g/mol. The fourth-order valence-corrected chi connectivity index (χ4v) is 2.74. The predicted molar refractivity (Wildman–Crippen MR) is 67.2 cm³/mol. The van der Waals surface area contributed by atoms with Gasteiger partial charge < -0.3 is 10.2 Å². The number of rotatable bonds is 5. The Balaban J connectivity index is 3.10. The van der Waals surface area contributed by atoms with Crippen LogP contribution in [0.4, 0.5) is 0 Å². The highest BCUT2D eigenvalue weighted by atomic mass is 35.5. The molecule has 0 fully saturated rings. The van der Waals surface area contributed by atoms with Crippen LogP contribution in [0, 0.1) is 0 Å². The normalized spacial score (nSPS) is 12.7. The Morgan fingerprint density at radius 1 is 1.39 bits per heavy atom. The minimum atomic E-state index is -3.96. The van der Waals surface area contributed by atoms with E-state index in [0.29, 0.717) is 0 Å². The first-order valence-electron chi connectivity index (χ1n) is 4.81. The van der Waals surface area contributed by atoms with Crippen LogP contribution in [-0.4, -0.2) is 42.4 Å². The molecule has 1 aromatic rings. The number of nitrogens with one attached hydrogen (secondary N) is 1. The maximum Gasteiger partial charge on any atom is 0.242 e. The highest BCUT2D eigenvalue weighted by Crippen LogP contribution is 2.22. The van der Waals surface area contributed by atoms with Crippen LogP contribution in [0.5, 0.6) is 0 Å². The second-order valence-corrected chi connectivity index (χ2v) is 6.37. The number of aromatic nitrogens is 1. The zero-order valence-electron chi connectivity index (χ0n) is 9.39. The Bertz CT molecular complexity index is 531. The molecule has 0 spiro atoms. The lowest BCUT2D eigenvalue weighted by Crippen LogP contribution is -2.51. The van der Waals surface area contributed by atoms with Crippen LogP contribution in [-0.2, 0) is 10.0 Å². The topological polar surface area (TPSA) is 99.5 Å². The van der Waals surface area contributed by atoms with Crippen molar-refractivity contribution in [2.24, 2.45) is 0 Å². The van der Waals surface area contributed by atoms with Crippen molar-refractivity contribution in [3.63, 3.8) is 0 Å². The van der Waals surface area contributed by atoms with Crippen molar-refractivity contribution in [1.82, 2.24) is 9.71 Å². The summed E-state index contributed by atoms with van der Waals surface area (Å²) in [4.78, 5) is 3.41. The lowest BCUT2D eigenvalue weighted by molar-refractivity contribution is 0.121. The van der Waals surface area contributed by atoms with E-state index in [2.05, 4.69) is 9.71 Å². The summed E-state index contributed by atoms with van der Waals surface area (Å²) in [5.41, 5.74) is -1.37. The van der Waals surface area contributed by atoms with Gasteiger partial charge in [0.1, 0.15) is 10.0 Å². The van der Waals surface area contributed by atoms with Crippen molar-refractivity contribution < 1.29 is 18.6 Å². The van der Waals surface area contributed by atoms with Crippen molar-refractivity contribution in [2.75, 3.05) is 13.2 Å². The second kappa shape index (κ2) is 5.68. The van der Waals surface area contributed by atoms with Crippen LogP contribution in [0.3, 0.4) is 0 Å². The molecule has 0 aromatic carbocycles. The van der Waals surface area contributed by atoms with E-state index >= 15 is 0 Å². The number of aliphatic hydroxyl groups excluding tert-OH is 2. The molecule has 0 saturated heterocycles. The molecular weight excluding hydrogens is 303 g/mol. The van der Waals surface area contributed by atoms with Crippen LogP contribution in [0.25, 0.3) is 0 Å². The molecule has 9 heteroatoms. The minimum Gasteiger partial charge on any atom is -0.394 e. The maximum atomic E-state index is 12.0. The monoisotopic (exact) mass is 314 g/mol. The third-order valence-electron chi connectivity index (χ3n) is 2.16. The molecule has 0 amide bonds. The van der Waals surface area contributed by atoms with Gasteiger partial charge in [0.25, 0.3) is 0 Å². The van der Waals surface area contributed by atoms with Gasteiger partial charge in [0.2, 0.25) is 10.0 Å². The van der Waals surface area contributed by atoms with Crippen LogP contribution in [0.2, 0.25) is 10.2 Å². The van der Waals surface area contributed by atoms with Gasteiger partial charge in [-0.1, -0.05) is 23.2 Å². The van der Waals surface area contributed by atoms with Gasteiger partial charge in [-0.15, -0.1) is 0 Å². The van der Waals surface area contributed by atoms with Crippen molar-refractivity contribution >= 4 is 33.2 Å². The molecule has 102 valence electrons. The third kappa shape index (κ3) is 3.53. The summed E-state index contributed by atoms with van der Waals surface area (Å²) >= 11 is 11.3. The Morgan fingerprint density at radius 3 is 2.39 bits per heavy atom. The van der Waals surface area contributed by atoms with Crippen molar-refractivity contribution in [1.29, 1.82) is 0 Å². The van der Waals surface area contributed by atoms with Gasteiger partial charge in [-0.25, -0.2) is 18.1 Å². The fourth-order valence-electron chi connectivity index (χ4n) is 1.05. The van der Waals surface area contributed by atoms with E-state index in [1.807, 2.05) is 0 Å². The van der Waals surface area contributed by atoms with E-state index in [-0.39, 0.29) is 15.1 Å². The molecule has 6 nitrogen and oxygen atoms in total. The summed E-state index contributed by atoms with van der Waals surface area (Å²) in [6.07, 6.45) is 1.03. The predicted octanol–water partition coefficient (Wildman–Crippen LogP) is 0.410. The summed E-state index contributed by atoms with van der Waals surface area (Å²) < 4.78 is 26.1. The number of hydrogen-bond acceptors (Lipinski definition) is 5. The van der Waals surface area contributed by atoms with Crippen molar-refractivity contribution in [3.05, 3.63) is 22.4 Å². The lowest BCUT2D eigenvalue weighted by atomic mass is 10.1. The van der Waals surface area contributed by atoms with Gasteiger partial charge in [-0.2, -0.15) is 0 Å². The molecule has 0 radical (unpaired) electrons. The summed E-state index contributed by atoms with van der Waals surface area (Å²) in [7, 11) is -3.96. The molecule has 0 aliphatic heterocycles. The van der Waals surface area contributed by atoms with Gasteiger partial charge in [0, 0.05) is 6.20 Å². The quantitative estimate of drug-likeness (QED) is 0.684. The van der Waals surface area contributed by atoms with Crippen LogP contribution >= 0.6 is 23.2 Å².